The van der Waals surface area contributed by atoms with E-state index in [1.807, 2.05) is 0 Å². The van der Waals surface area contributed by atoms with Gasteiger partial charge >= 0.3 is 0 Å². The van der Waals surface area contributed by atoms with Crippen molar-refractivity contribution in [2.75, 3.05) is 13.1 Å². The molecular formula is C15H30N2O2S. The van der Waals surface area contributed by atoms with Crippen LogP contribution >= 0.6 is 0 Å². The van der Waals surface area contributed by atoms with Crippen molar-refractivity contribution in [1.82, 2.24) is 10.0 Å². The van der Waals surface area contributed by atoms with Crippen molar-refractivity contribution in [3.05, 3.63) is 0 Å². The van der Waals surface area contributed by atoms with Gasteiger partial charge in [-0.05, 0) is 49.5 Å². The maximum absolute atomic E-state index is 12.5. The highest BCUT2D eigenvalue weighted by atomic mass is 32.2. The van der Waals surface area contributed by atoms with Crippen molar-refractivity contribution in [3.8, 4) is 0 Å². The summed E-state index contributed by atoms with van der Waals surface area (Å²) in [5, 5.41) is 2.93. The highest BCUT2D eigenvalue weighted by Crippen LogP contribution is 2.45. The minimum atomic E-state index is -3.20. The van der Waals surface area contributed by atoms with E-state index in [0.717, 1.165) is 38.6 Å². The number of sulfonamides is 1. The summed E-state index contributed by atoms with van der Waals surface area (Å²) < 4.78 is 28.1. The predicted molar refractivity (Wildman–Crippen MR) is 83.1 cm³/mol. The lowest BCUT2D eigenvalue weighted by molar-refractivity contribution is 0.0933. The number of rotatable bonds is 3. The van der Waals surface area contributed by atoms with E-state index in [0.29, 0.717) is 6.54 Å². The topological polar surface area (TPSA) is 58.2 Å². The summed E-state index contributed by atoms with van der Waals surface area (Å²) >= 11 is 0. The van der Waals surface area contributed by atoms with Crippen molar-refractivity contribution < 1.29 is 8.42 Å². The van der Waals surface area contributed by atoms with E-state index in [1.54, 1.807) is 0 Å². The van der Waals surface area contributed by atoms with E-state index in [2.05, 4.69) is 37.7 Å². The fourth-order valence-electron chi connectivity index (χ4n) is 4.34. The van der Waals surface area contributed by atoms with Gasteiger partial charge in [-0.15, -0.1) is 0 Å². The SMILES string of the molecule is CC1(C)CC(NS(=O)(=O)C2CCCNC2)CC(C)(C)C1. The lowest BCUT2D eigenvalue weighted by Crippen LogP contribution is -2.51. The first-order valence-electron chi connectivity index (χ1n) is 7.82. The van der Waals surface area contributed by atoms with Gasteiger partial charge in [-0.2, -0.15) is 0 Å². The van der Waals surface area contributed by atoms with Crippen molar-refractivity contribution in [1.29, 1.82) is 0 Å². The molecule has 0 spiro atoms. The van der Waals surface area contributed by atoms with Gasteiger partial charge < -0.3 is 5.32 Å². The maximum Gasteiger partial charge on any atom is 0.215 e. The quantitative estimate of drug-likeness (QED) is 0.841. The molecule has 1 atom stereocenters. The second kappa shape index (κ2) is 5.58. The largest absolute Gasteiger partial charge is 0.315 e. The van der Waals surface area contributed by atoms with Crippen molar-refractivity contribution >= 4 is 10.0 Å². The molecule has 5 heteroatoms. The Kier molecular flexibility index (Phi) is 4.53. The van der Waals surface area contributed by atoms with Crippen LogP contribution in [0.2, 0.25) is 0 Å². The molecule has 1 saturated heterocycles. The van der Waals surface area contributed by atoms with Crippen LogP contribution in [0.15, 0.2) is 0 Å². The molecule has 2 aliphatic rings. The molecule has 2 fully saturated rings. The zero-order valence-corrected chi connectivity index (χ0v) is 14.1. The molecule has 0 amide bonds. The third-order valence-electron chi connectivity index (χ3n) is 4.58. The number of nitrogens with one attached hydrogen (secondary N) is 2. The van der Waals surface area contributed by atoms with Crippen LogP contribution < -0.4 is 10.0 Å². The van der Waals surface area contributed by atoms with Gasteiger partial charge in [0.15, 0.2) is 0 Å². The Hall–Kier alpha value is -0.130. The van der Waals surface area contributed by atoms with Gasteiger partial charge in [0.1, 0.15) is 0 Å². The monoisotopic (exact) mass is 302 g/mol. The van der Waals surface area contributed by atoms with Crippen LogP contribution in [0.1, 0.15) is 59.8 Å². The molecule has 0 aromatic rings. The van der Waals surface area contributed by atoms with Crippen LogP contribution in [0.25, 0.3) is 0 Å². The summed E-state index contributed by atoms with van der Waals surface area (Å²) in [7, 11) is -3.20. The first-order chi connectivity index (χ1) is 9.10. The molecule has 0 aromatic carbocycles. The van der Waals surface area contributed by atoms with Gasteiger partial charge in [-0.25, -0.2) is 13.1 Å². The molecule has 1 unspecified atom stereocenters. The van der Waals surface area contributed by atoms with Crippen molar-refractivity contribution in [3.63, 3.8) is 0 Å². The Labute approximate surface area is 124 Å². The molecule has 1 aliphatic heterocycles. The zero-order valence-electron chi connectivity index (χ0n) is 13.3. The average molecular weight is 302 g/mol. The van der Waals surface area contributed by atoms with Crippen LogP contribution in [0.3, 0.4) is 0 Å². The Bertz CT molecular complexity index is 421. The van der Waals surface area contributed by atoms with Gasteiger partial charge in [0.05, 0.1) is 5.25 Å². The van der Waals surface area contributed by atoms with Crippen molar-refractivity contribution in [2.24, 2.45) is 10.8 Å². The van der Waals surface area contributed by atoms with Gasteiger partial charge in [0.25, 0.3) is 0 Å². The van der Waals surface area contributed by atoms with Crippen LogP contribution in [0.4, 0.5) is 0 Å². The van der Waals surface area contributed by atoms with E-state index in [4.69, 9.17) is 0 Å². The van der Waals surface area contributed by atoms with Crippen LogP contribution in [-0.4, -0.2) is 32.8 Å². The first-order valence-corrected chi connectivity index (χ1v) is 9.36. The Morgan fingerprint density at radius 3 is 2.20 bits per heavy atom. The van der Waals surface area contributed by atoms with Gasteiger partial charge in [0, 0.05) is 12.6 Å². The molecule has 0 radical (unpaired) electrons. The molecule has 2 rings (SSSR count). The highest BCUT2D eigenvalue weighted by molar-refractivity contribution is 7.90. The molecule has 0 aromatic heterocycles. The van der Waals surface area contributed by atoms with Gasteiger partial charge in [0.2, 0.25) is 10.0 Å². The molecule has 1 saturated carbocycles. The predicted octanol–water partition coefficient (Wildman–Crippen LogP) is 2.26. The summed E-state index contributed by atoms with van der Waals surface area (Å²) in [6.07, 6.45) is 4.77. The van der Waals surface area contributed by atoms with E-state index < -0.39 is 10.0 Å². The highest BCUT2D eigenvalue weighted by Gasteiger charge is 2.40. The summed E-state index contributed by atoms with van der Waals surface area (Å²) in [6, 6.07) is 0.0840. The minimum Gasteiger partial charge on any atom is -0.315 e. The van der Waals surface area contributed by atoms with E-state index >= 15 is 0 Å². The smallest absolute Gasteiger partial charge is 0.215 e. The van der Waals surface area contributed by atoms with Gasteiger partial charge in [-0.3, -0.25) is 0 Å². The van der Waals surface area contributed by atoms with Crippen LogP contribution in [0.5, 0.6) is 0 Å². The summed E-state index contributed by atoms with van der Waals surface area (Å²) in [5.74, 6) is 0. The maximum atomic E-state index is 12.5. The van der Waals surface area contributed by atoms with E-state index in [9.17, 15) is 8.42 Å². The van der Waals surface area contributed by atoms with Crippen LogP contribution in [-0.2, 0) is 10.0 Å². The molecule has 0 bridgehead atoms. The molecule has 1 aliphatic carbocycles. The summed E-state index contributed by atoms with van der Waals surface area (Å²) in [6.45, 7) is 10.5. The van der Waals surface area contributed by atoms with Crippen LogP contribution in [0, 0.1) is 10.8 Å². The first kappa shape index (κ1) is 16.2. The zero-order chi connectivity index (χ0) is 15.0. The second-order valence-corrected chi connectivity index (χ2v) is 10.2. The normalized spacial score (nSPS) is 31.1. The molecule has 118 valence electrons. The lowest BCUT2D eigenvalue weighted by atomic mass is 9.64. The molecule has 4 nitrogen and oxygen atoms in total. The number of piperidine rings is 1. The Morgan fingerprint density at radius 2 is 1.70 bits per heavy atom. The molecule has 20 heavy (non-hydrogen) atoms. The lowest BCUT2D eigenvalue weighted by Gasteiger charge is -2.45. The van der Waals surface area contributed by atoms with Crippen molar-refractivity contribution in [2.45, 2.75) is 71.1 Å². The van der Waals surface area contributed by atoms with E-state index in [1.165, 1.54) is 0 Å². The fraction of sp³-hybridized carbons (Fsp3) is 1.00. The van der Waals surface area contributed by atoms with E-state index in [-0.39, 0.29) is 22.1 Å². The molecule has 2 N–H and O–H groups in total. The Balaban J connectivity index is 2.04. The number of hydrogen-bond donors (Lipinski definition) is 2. The molecular weight excluding hydrogens is 272 g/mol. The van der Waals surface area contributed by atoms with Gasteiger partial charge in [-0.1, -0.05) is 27.7 Å². The summed E-state index contributed by atoms with van der Waals surface area (Å²) in [4.78, 5) is 0. The number of hydrogen-bond acceptors (Lipinski definition) is 3. The summed E-state index contributed by atoms with van der Waals surface area (Å²) in [5.41, 5.74) is 0.416. The third-order valence-corrected chi connectivity index (χ3v) is 6.52. The average Bonchev–Trinajstić information content (AvgIpc) is 2.25. The molecule has 1 heterocycles. The Morgan fingerprint density at radius 1 is 1.10 bits per heavy atom. The standard InChI is InChI=1S/C15H30N2O2S/c1-14(2)8-12(9-15(3,4)11-14)17-20(18,19)13-6-5-7-16-10-13/h12-13,16-17H,5-11H2,1-4H3. The minimum absolute atomic E-state index is 0.0840. The second-order valence-electron chi connectivity index (χ2n) is 8.24. The third kappa shape index (κ3) is 4.18. The fourth-order valence-corrected chi connectivity index (χ4v) is 5.98.